The molecule has 1 amide bonds. The second-order valence-electron chi connectivity index (χ2n) is 5.79. The SMILES string of the molecule is NCC1(NC(=O)C2=Cc3cc(Cl)ccc3OC2)CCCC1. The molecule has 0 saturated heterocycles. The molecule has 1 fully saturated rings. The predicted molar refractivity (Wildman–Crippen MR) is 83.3 cm³/mol. The Morgan fingerprint density at radius 1 is 1.38 bits per heavy atom. The molecular weight excluding hydrogens is 288 g/mol. The minimum atomic E-state index is -0.244. The van der Waals surface area contributed by atoms with E-state index in [0.29, 0.717) is 17.1 Å². The third kappa shape index (κ3) is 2.92. The van der Waals surface area contributed by atoms with Crippen LogP contribution in [0.15, 0.2) is 23.8 Å². The van der Waals surface area contributed by atoms with Crippen molar-refractivity contribution in [2.24, 2.45) is 5.73 Å². The van der Waals surface area contributed by atoms with Crippen LogP contribution in [0.1, 0.15) is 31.2 Å². The van der Waals surface area contributed by atoms with Gasteiger partial charge in [0.1, 0.15) is 12.4 Å². The zero-order valence-electron chi connectivity index (χ0n) is 11.8. The summed E-state index contributed by atoms with van der Waals surface area (Å²) in [7, 11) is 0. The smallest absolute Gasteiger partial charge is 0.251 e. The number of carbonyl (C=O) groups is 1. The van der Waals surface area contributed by atoms with Crippen LogP contribution in [-0.2, 0) is 4.79 Å². The molecule has 3 N–H and O–H groups in total. The van der Waals surface area contributed by atoms with E-state index in [-0.39, 0.29) is 18.1 Å². The largest absolute Gasteiger partial charge is 0.488 e. The van der Waals surface area contributed by atoms with Gasteiger partial charge in [0.25, 0.3) is 5.91 Å². The fourth-order valence-corrected chi connectivity index (χ4v) is 3.21. The molecule has 1 aliphatic heterocycles. The van der Waals surface area contributed by atoms with Crippen LogP contribution in [0.4, 0.5) is 0 Å². The molecule has 0 aromatic heterocycles. The average molecular weight is 307 g/mol. The summed E-state index contributed by atoms with van der Waals surface area (Å²) in [6.07, 6.45) is 5.98. The van der Waals surface area contributed by atoms with E-state index in [1.54, 1.807) is 12.1 Å². The number of ether oxygens (including phenoxy) is 1. The molecule has 1 aromatic rings. The van der Waals surface area contributed by atoms with Gasteiger partial charge in [0.05, 0.1) is 11.1 Å². The number of halogens is 1. The van der Waals surface area contributed by atoms with E-state index in [1.807, 2.05) is 12.1 Å². The third-order valence-corrected chi connectivity index (χ3v) is 4.54. The highest BCUT2D eigenvalue weighted by Crippen LogP contribution is 2.31. The first-order chi connectivity index (χ1) is 10.1. The Morgan fingerprint density at radius 2 is 2.14 bits per heavy atom. The minimum absolute atomic E-state index is 0.0898. The topological polar surface area (TPSA) is 64.3 Å². The summed E-state index contributed by atoms with van der Waals surface area (Å²) in [5.74, 6) is 0.665. The molecule has 112 valence electrons. The lowest BCUT2D eigenvalue weighted by molar-refractivity contribution is -0.119. The lowest BCUT2D eigenvalue weighted by Crippen LogP contribution is -2.52. The van der Waals surface area contributed by atoms with Gasteiger partial charge in [0.15, 0.2) is 0 Å². The Balaban J connectivity index is 1.79. The maximum Gasteiger partial charge on any atom is 0.251 e. The Bertz CT molecular complexity index is 592. The second kappa shape index (κ2) is 5.70. The van der Waals surface area contributed by atoms with Crippen molar-refractivity contribution in [3.8, 4) is 5.75 Å². The van der Waals surface area contributed by atoms with E-state index >= 15 is 0 Å². The average Bonchev–Trinajstić information content (AvgIpc) is 2.95. The van der Waals surface area contributed by atoms with Crippen LogP contribution in [0.2, 0.25) is 5.02 Å². The van der Waals surface area contributed by atoms with Gasteiger partial charge < -0.3 is 15.8 Å². The van der Waals surface area contributed by atoms with Crippen molar-refractivity contribution in [2.75, 3.05) is 13.2 Å². The quantitative estimate of drug-likeness (QED) is 0.902. The summed E-state index contributed by atoms with van der Waals surface area (Å²) < 4.78 is 5.62. The van der Waals surface area contributed by atoms with E-state index in [9.17, 15) is 4.79 Å². The van der Waals surface area contributed by atoms with Crippen molar-refractivity contribution < 1.29 is 9.53 Å². The molecule has 1 aromatic carbocycles. The Kier molecular flexibility index (Phi) is 3.91. The van der Waals surface area contributed by atoms with Crippen LogP contribution < -0.4 is 15.8 Å². The number of hydrogen-bond acceptors (Lipinski definition) is 3. The third-order valence-electron chi connectivity index (χ3n) is 4.31. The van der Waals surface area contributed by atoms with E-state index in [4.69, 9.17) is 22.1 Å². The first-order valence-electron chi connectivity index (χ1n) is 7.27. The predicted octanol–water partition coefficient (Wildman–Crippen LogP) is 2.50. The highest BCUT2D eigenvalue weighted by atomic mass is 35.5. The zero-order valence-corrected chi connectivity index (χ0v) is 12.6. The lowest BCUT2D eigenvalue weighted by atomic mass is 9.96. The molecule has 1 heterocycles. The number of hydrogen-bond donors (Lipinski definition) is 2. The molecule has 21 heavy (non-hydrogen) atoms. The van der Waals surface area contributed by atoms with Crippen molar-refractivity contribution in [1.29, 1.82) is 0 Å². The zero-order chi connectivity index (χ0) is 14.9. The van der Waals surface area contributed by atoms with E-state index in [2.05, 4.69) is 5.32 Å². The van der Waals surface area contributed by atoms with Gasteiger partial charge in [-0.15, -0.1) is 0 Å². The fraction of sp³-hybridized carbons (Fsp3) is 0.438. The number of carbonyl (C=O) groups excluding carboxylic acids is 1. The van der Waals surface area contributed by atoms with Crippen LogP contribution >= 0.6 is 11.6 Å². The minimum Gasteiger partial charge on any atom is -0.488 e. The van der Waals surface area contributed by atoms with Crippen molar-refractivity contribution in [3.63, 3.8) is 0 Å². The molecule has 1 aliphatic carbocycles. The molecular formula is C16H19ClN2O2. The number of amides is 1. The normalized spacial score (nSPS) is 19.4. The van der Waals surface area contributed by atoms with Crippen molar-refractivity contribution in [2.45, 2.75) is 31.2 Å². The van der Waals surface area contributed by atoms with Crippen LogP contribution in [-0.4, -0.2) is 24.6 Å². The molecule has 0 radical (unpaired) electrons. The Hall–Kier alpha value is -1.52. The lowest BCUT2D eigenvalue weighted by Gasteiger charge is -2.30. The molecule has 0 unspecified atom stereocenters. The molecule has 5 heteroatoms. The molecule has 3 rings (SSSR count). The van der Waals surface area contributed by atoms with E-state index in [0.717, 1.165) is 37.0 Å². The molecule has 0 spiro atoms. The molecule has 2 aliphatic rings. The summed E-state index contributed by atoms with van der Waals surface area (Å²) in [6, 6.07) is 5.40. The van der Waals surface area contributed by atoms with Crippen LogP contribution in [0.25, 0.3) is 6.08 Å². The van der Waals surface area contributed by atoms with Gasteiger partial charge in [-0.05, 0) is 37.1 Å². The van der Waals surface area contributed by atoms with Gasteiger partial charge in [-0.25, -0.2) is 0 Å². The Morgan fingerprint density at radius 3 is 2.86 bits per heavy atom. The maximum absolute atomic E-state index is 12.5. The first kappa shape index (κ1) is 14.4. The van der Waals surface area contributed by atoms with E-state index < -0.39 is 0 Å². The second-order valence-corrected chi connectivity index (χ2v) is 6.22. The standard InChI is InChI=1S/C16H19ClN2O2/c17-13-3-4-14-11(8-13)7-12(9-21-14)15(20)19-16(10-18)5-1-2-6-16/h3-4,7-8H,1-2,5-6,9-10,18H2,(H,19,20). The molecule has 0 atom stereocenters. The molecule has 4 nitrogen and oxygen atoms in total. The van der Waals surface area contributed by atoms with Crippen molar-refractivity contribution in [1.82, 2.24) is 5.32 Å². The summed E-state index contributed by atoms with van der Waals surface area (Å²) in [5.41, 5.74) is 7.07. The number of nitrogens with one attached hydrogen (secondary N) is 1. The van der Waals surface area contributed by atoms with E-state index in [1.165, 1.54) is 0 Å². The maximum atomic E-state index is 12.5. The van der Waals surface area contributed by atoms with Gasteiger partial charge in [-0.2, -0.15) is 0 Å². The van der Waals surface area contributed by atoms with Gasteiger partial charge >= 0.3 is 0 Å². The summed E-state index contributed by atoms with van der Waals surface area (Å²) in [5, 5.41) is 3.74. The molecule has 0 bridgehead atoms. The van der Waals surface area contributed by atoms with Gasteiger partial charge in [0, 0.05) is 17.1 Å². The monoisotopic (exact) mass is 306 g/mol. The van der Waals surface area contributed by atoms with Crippen LogP contribution in [0.5, 0.6) is 5.75 Å². The highest BCUT2D eigenvalue weighted by Gasteiger charge is 2.34. The van der Waals surface area contributed by atoms with Crippen LogP contribution in [0.3, 0.4) is 0 Å². The van der Waals surface area contributed by atoms with Crippen molar-refractivity contribution >= 4 is 23.6 Å². The number of rotatable bonds is 3. The summed E-state index contributed by atoms with van der Waals surface area (Å²) >= 11 is 5.98. The fourth-order valence-electron chi connectivity index (χ4n) is 3.03. The molecule has 1 saturated carbocycles. The van der Waals surface area contributed by atoms with Gasteiger partial charge in [0.2, 0.25) is 0 Å². The van der Waals surface area contributed by atoms with Crippen LogP contribution in [0, 0.1) is 0 Å². The van der Waals surface area contributed by atoms with Gasteiger partial charge in [-0.3, -0.25) is 4.79 Å². The number of nitrogens with two attached hydrogens (primary N) is 1. The van der Waals surface area contributed by atoms with Gasteiger partial charge in [-0.1, -0.05) is 24.4 Å². The first-order valence-corrected chi connectivity index (χ1v) is 7.65. The number of fused-ring (bicyclic) bond motifs is 1. The summed E-state index contributed by atoms with van der Waals surface area (Å²) in [6.45, 7) is 0.760. The Labute approximate surface area is 129 Å². The van der Waals surface area contributed by atoms with Crippen molar-refractivity contribution in [3.05, 3.63) is 34.4 Å². The summed E-state index contributed by atoms with van der Waals surface area (Å²) in [4.78, 5) is 12.5. The highest BCUT2D eigenvalue weighted by molar-refractivity contribution is 6.30. The number of benzene rings is 1.